The van der Waals surface area contributed by atoms with Gasteiger partial charge < -0.3 is 14.5 Å². The van der Waals surface area contributed by atoms with E-state index in [4.69, 9.17) is 0 Å². The fraction of sp³-hybridized carbons (Fsp3) is 0.217. The van der Waals surface area contributed by atoms with E-state index in [9.17, 15) is 9.18 Å². The minimum Gasteiger partial charge on any atom is -0.351 e. The number of aromatic nitrogens is 5. The van der Waals surface area contributed by atoms with E-state index in [0.717, 1.165) is 11.4 Å². The molecular formula is C23H23FN6OS. The van der Waals surface area contributed by atoms with Gasteiger partial charge in [0.25, 0.3) is 0 Å². The Labute approximate surface area is 189 Å². The Morgan fingerprint density at radius 3 is 2.59 bits per heavy atom. The molecule has 164 valence electrons. The lowest BCUT2D eigenvalue weighted by molar-refractivity contribution is -0.118. The van der Waals surface area contributed by atoms with Gasteiger partial charge in [0.15, 0.2) is 5.16 Å². The molecule has 2 aromatic carbocycles. The first-order valence-corrected chi connectivity index (χ1v) is 11.1. The van der Waals surface area contributed by atoms with Crippen LogP contribution in [0, 0.1) is 19.7 Å². The van der Waals surface area contributed by atoms with E-state index < -0.39 is 0 Å². The molecule has 4 aromatic rings. The van der Waals surface area contributed by atoms with Crippen molar-refractivity contribution >= 4 is 17.7 Å². The molecule has 0 bridgehead atoms. The third-order valence-electron chi connectivity index (χ3n) is 5.00. The summed E-state index contributed by atoms with van der Waals surface area (Å²) in [5, 5.41) is 11.9. The van der Waals surface area contributed by atoms with Crippen LogP contribution >= 0.6 is 11.8 Å². The zero-order valence-corrected chi connectivity index (χ0v) is 18.6. The molecule has 0 unspecified atom stereocenters. The topological polar surface area (TPSA) is 77.6 Å². The molecule has 0 saturated carbocycles. The Morgan fingerprint density at radius 2 is 1.88 bits per heavy atom. The largest absolute Gasteiger partial charge is 0.351 e. The van der Waals surface area contributed by atoms with E-state index in [1.54, 1.807) is 29.1 Å². The predicted octanol–water partition coefficient (Wildman–Crippen LogP) is 3.68. The van der Waals surface area contributed by atoms with Crippen molar-refractivity contribution in [2.24, 2.45) is 0 Å². The van der Waals surface area contributed by atoms with Gasteiger partial charge in [-0.15, -0.1) is 10.2 Å². The van der Waals surface area contributed by atoms with Crippen LogP contribution in [-0.4, -0.2) is 36.0 Å². The molecule has 0 saturated heterocycles. The number of nitrogens with zero attached hydrogens (tertiary/aromatic N) is 5. The second-order valence-electron chi connectivity index (χ2n) is 7.30. The summed E-state index contributed by atoms with van der Waals surface area (Å²) in [7, 11) is 0. The molecule has 7 nitrogen and oxygen atoms in total. The average molecular weight is 451 g/mol. The molecule has 0 spiro atoms. The predicted molar refractivity (Wildman–Crippen MR) is 121 cm³/mol. The Morgan fingerprint density at radius 1 is 1.06 bits per heavy atom. The van der Waals surface area contributed by atoms with Gasteiger partial charge in [0.05, 0.1) is 18.0 Å². The molecule has 0 radical (unpaired) electrons. The maximum atomic E-state index is 14.5. The van der Waals surface area contributed by atoms with Crippen molar-refractivity contribution in [3.63, 3.8) is 0 Å². The summed E-state index contributed by atoms with van der Waals surface area (Å²) >= 11 is 1.33. The highest BCUT2D eigenvalue weighted by Crippen LogP contribution is 2.19. The minimum absolute atomic E-state index is 0.156. The van der Waals surface area contributed by atoms with Gasteiger partial charge in [-0.1, -0.05) is 48.2 Å². The lowest BCUT2D eigenvalue weighted by Crippen LogP contribution is -2.25. The van der Waals surface area contributed by atoms with Gasteiger partial charge >= 0.3 is 0 Å². The van der Waals surface area contributed by atoms with Crippen molar-refractivity contribution in [1.29, 1.82) is 0 Å². The number of aryl methyl sites for hydroxylation is 2. The van der Waals surface area contributed by atoms with Gasteiger partial charge in [0, 0.05) is 18.9 Å². The SMILES string of the molecule is Cc1nccn1-c1ccc(CNC(=O)CSc2nnc(C)n2Cc2ccccc2)cc1F. The monoisotopic (exact) mass is 450 g/mol. The van der Waals surface area contributed by atoms with Crippen LogP contribution < -0.4 is 5.32 Å². The summed E-state index contributed by atoms with van der Waals surface area (Å²) in [6.45, 7) is 4.60. The van der Waals surface area contributed by atoms with Crippen molar-refractivity contribution in [2.45, 2.75) is 32.1 Å². The van der Waals surface area contributed by atoms with Crippen LogP contribution in [0.2, 0.25) is 0 Å². The number of imidazole rings is 1. The number of carbonyl (C=O) groups excluding carboxylic acids is 1. The Bertz CT molecular complexity index is 1220. The average Bonchev–Trinajstić information content (AvgIpc) is 3.37. The third-order valence-corrected chi connectivity index (χ3v) is 5.97. The Kier molecular flexibility index (Phi) is 6.65. The van der Waals surface area contributed by atoms with E-state index >= 15 is 0 Å². The number of carbonyl (C=O) groups is 1. The summed E-state index contributed by atoms with van der Waals surface area (Å²) < 4.78 is 18.2. The molecule has 9 heteroatoms. The summed E-state index contributed by atoms with van der Waals surface area (Å²) in [5.74, 6) is 1.17. The van der Waals surface area contributed by atoms with Crippen LogP contribution in [0.4, 0.5) is 4.39 Å². The standard InChI is InChI=1S/C23H23FN6OS/c1-16-25-10-11-29(16)21-9-8-19(12-20(21)24)13-26-22(31)15-32-23-28-27-17(2)30(23)14-18-6-4-3-5-7-18/h3-12H,13-15H2,1-2H3,(H,26,31). The van der Waals surface area contributed by atoms with E-state index in [1.165, 1.54) is 17.8 Å². The van der Waals surface area contributed by atoms with Crippen molar-refractivity contribution < 1.29 is 9.18 Å². The number of halogens is 1. The molecule has 0 aliphatic carbocycles. The lowest BCUT2D eigenvalue weighted by atomic mass is 10.2. The van der Waals surface area contributed by atoms with Crippen LogP contribution in [0.25, 0.3) is 5.69 Å². The number of hydrogen-bond acceptors (Lipinski definition) is 5. The highest BCUT2D eigenvalue weighted by molar-refractivity contribution is 7.99. The molecular weight excluding hydrogens is 427 g/mol. The van der Waals surface area contributed by atoms with E-state index in [1.807, 2.05) is 48.7 Å². The number of hydrogen-bond donors (Lipinski definition) is 1. The molecule has 2 aromatic heterocycles. The summed E-state index contributed by atoms with van der Waals surface area (Å²) in [6, 6.07) is 14.9. The van der Waals surface area contributed by atoms with Crippen LogP contribution in [0.1, 0.15) is 22.8 Å². The first-order chi connectivity index (χ1) is 15.5. The maximum absolute atomic E-state index is 14.5. The van der Waals surface area contributed by atoms with Crippen molar-refractivity contribution in [1.82, 2.24) is 29.6 Å². The minimum atomic E-state index is -0.364. The molecule has 1 N–H and O–H groups in total. The number of rotatable bonds is 8. The van der Waals surface area contributed by atoms with Crippen LogP contribution in [0.5, 0.6) is 0 Å². The first-order valence-electron chi connectivity index (χ1n) is 10.1. The maximum Gasteiger partial charge on any atom is 0.230 e. The van der Waals surface area contributed by atoms with Gasteiger partial charge in [0.1, 0.15) is 17.5 Å². The molecule has 1 amide bonds. The van der Waals surface area contributed by atoms with Gasteiger partial charge in [0.2, 0.25) is 5.91 Å². The van der Waals surface area contributed by atoms with Crippen molar-refractivity contribution in [3.8, 4) is 5.69 Å². The number of thioether (sulfide) groups is 1. The number of nitrogens with one attached hydrogen (secondary N) is 1. The number of benzene rings is 2. The highest BCUT2D eigenvalue weighted by Gasteiger charge is 2.13. The Balaban J connectivity index is 1.33. The molecule has 0 fully saturated rings. The van der Waals surface area contributed by atoms with E-state index in [2.05, 4.69) is 20.5 Å². The Hall–Kier alpha value is -3.46. The molecule has 2 heterocycles. The molecule has 0 aliphatic heterocycles. The zero-order valence-electron chi connectivity index (χ0n) is 17.8. The number of amides is 1. The van der Waals surface area contributed by atoms with Crippen molar-refractivity contribution in [2.75, 3.05) is 5.75 Å². The molecule has 0 atom stereocenters. The van der Waals surface area contributed by atoms with E-state index in [-0.39, 0.29) is 24.0 Å². The molecule has 4 rings (SSSR count). The van der Waals surface area contributed by atoms with Crippen molar-refractivity contribution in [3.05, 3.63) is 89.5 Å². The quantitative estimate of drug-likeness (QED) is 0.415. The summed E-state index contributed by atoms with van der Waals surface area (Å²) in [5.41, 5.74) is 2.25. The second-order valence-corrected chi connectivity index (χ2v) is 8.24. The van der Waals surface area contributed by atoms with Gasteiger partial charge in [-0.2, -0.15) is 0 Å². The van der Waals surface area contributed by atoms with E-state index in [0.29, 0.717) is 28.8 Å². The van der Waals surface area contributed by atoms with Gasteiger partial charge in [-0.3, -0.25) is 4.79 Å². The van der Waals surface area contributed by atoms with Crippen LogP contribution in [-0.2, 0) is 17.9 Å². The summed E-state index contributed by atoms with van der Waals surface area (Å²) in [4.78, 5) is 16.5. The van der Waals surface area contributed by atoms with Crippen LogP contribution in [0.3, 0.4) is 0 Å². The second kappa shape index (κ2) is 9.78. The summed E-state index contributed by atoms with van der Waals surface area (Å²) in [6.07, 6.45) is 3.34. The van der Waals surface area contributed by atoms with Gasteiger partial charge in [-0.05, 0) is 37.1 Å². The first kappa shape index (κ1) is 21.8. The highest BCUT2D eigenvalue weighted by atomic mass is 32.2. The van der Waals surface area contributed by atoms with Gasteiger partial charge in [-0.25, -0.2) is 9.37 Å². The lowest BCUT2D eigenvalue weighted by Gasteiger charge is -2.10. The smallest absolute Gasteiger partial charge is 0.230 e. The fourth-order valence-corrected chi connectivity index (χ4v) is 4.10. The third kappa shape index (κ3) is 5.05. The fourth-order valence-electron chi connectivity index (χ4n) is 3.29. The van der Waals surface area contributed by atoms with Crippen LogP contribution in [0.15, 0.2) is 66.1 Å². The molecule has 0 aliphatic rings. The zero-order chi connectivity index (χ0) is 22.5. The molecule has 32 heavy (non-hydrogen) atoms. The normalized spacial score (nSPS) is 11.0.